The van der Waals surface area contributed by atoms with Gasteiger partial charge in [0.25, 0.3) is 5.91 Å². The van der Waals surface area contributed by atoms with E-state index in [0.717, 1.165) is 5.56 Å². The average Bonchev–Trinajstić information content (AvgIpc) is 2.55. The Bertz CT molecular complexity index is 767. The summed E-state index contributed by atoms with van der Waals surface area (Å²) in [5, 5.41) is 14.4. The summed E-state index contributed by atoms with van der Waals surface area (Å²) in [6.07, 6.45) is 0. The summed E-state index contributed by atoms with van der Waals surface area (Å²) in [6, 6.07) is 10.6. The zero-order chi connectivity index (χ0) is 17.7. The van der Waals surface area contributed by atoms with E-state index in [2.05, 4.69) is 5.32 Å². The fourth-order valence-corrected chi connectivity index (χ4v) is 2.33. The zero-order valence-electron chi connectivity index (χ0n) is 12.7. The Morgan fingerprint density at radius 1 is 1.25 bits per heavy atom. The van der Waals surface area contributed by atoms with Gasteiger partial charge in [-0.25, -0.2) is 0 Å². The first-order valence-corrected chi connectivity index (χ1v) is 7.74. The first-order valence-electron chi connectivity index (χ1n) is 6.99. The van der Waals surface area contributed by atoms with Crippen molar-refractivity contribution in [3.63, 3.8) is 0 Å². The summed E-state index contributed by atoms with van der Waals surface area (Å²) in [5.41, 5.74) is 0.589. The number of nitrogens with one attached hydrogen (secondary N) is 1. The average molecular weight is 369 g/mol. The number of para-hydroxylation sites is 2. The molecule has 24 heavy (non-hydrogen) atoms. The van der Waals surface area contributed by atoms with Crippen LogP contribution in [-0.2, 0) is 4.79 Å². The first kappa shape index (κ1) is 18.0. The summed E-state index contributed by atoms with van der Waals surface area (Å²) in [7, 11) is 0. The highest BCUT2D eigenvalue weighted by molar-refractivity contribution is 6.42. The number of nitrogens with zero attached hydrogens (tertiary/aromatic N) is 1. The maximum atomic E-state index is 12.0. The van der Waals surface area contributed by atoms with Gasteiger partial charge < -0.3 is 10.1 Å². The topological polar surface area (TPSA) is 81.5 Å². The summed E-state index contributed by atoms with van der Waals surface area (Å²) >= 11 is 11.8. The van der Waals surface area contributed by atoms with E-state index in [1.54, 1.807) is 31.2 Å². The van der Waals surface area contributed by atoms with Gasteiger partial charge in [0.15, 0.2) is 12.4 Å². The zero-order valence-corrected chi connectivity index (χ0v) is 14.2. The van der Waals surface area contributed by atoms with E-state index in [0.29, 0.717) is 10.0 Å². The molecule has 1 unspecified atom stereocenters. The maximum Gasteiger partial charge on any atom is 0.310 e. The fraction of sp³-hybridized carbons (Fsp3) is 0.188. The van der Waals surface area contributed by atoms with E-state index in [-0.39, 0.29) is 24.1 Å². The Labute approximate surface area is 148 Å². The third-order valence-electron chi connectivity index (χ3n) is 3.24. The molecule has 2 rings (SSSR count). The van der Waals surface area contributed by atoms with E-state index in [4.69, 9.17) is 27.9 Å². The molecule has 2 aromatic rings. The number of nitro benzene ring substituents is 1. The van der Waals surface area contributed by atoms with Crippen LogP contribution in [0.5, 0.6) is 5.75 Å². The number of halogens is 2. The molecule has 2 aromatic carbocycles. The summed E-state index contributed by atoms with van der Waals surface area (Å²) in [4.78, 5) is 22.3. The first-order chi connectivity index (χ1) is 11.4. The molecule has 0 aliphatic heterocycles. The minimum absolute atomic E-state index is 0.0415. The molecule has 1 atom stereocenters. The van der Waals surface area contributed by atoms with Gasteiger partial charge in [-0.3, -0.25) is 14.9 Å². The van der Waals surface area contributed by atoms with E-state index in [1.807, 2.05) is 0 Å². The van der Waals surface area contributed by atoms with Crippen LogP contribution in [0.2, 0.25) is 10.0 Å². The lowest BCUT2D eigenvalue weighted by Gasteiger charge is -2.15. The van der Waals surface area contributed by atoms with Gasteiger partial charge in [-0.05, 0) is 30.7 Å². The minimum atomic E-state index is -0.564. The number of ether oxygens (including phenoxy) is 1. The Hall–Kier alpha value is -2.31. The van der Waals surface area contributed by atoms with Crippen LogP contribution >= 0.6 is 23.2 Å². The lowest BCUT2D eigenvalue weighted by molar-refractivity contribution is -0.385. The van der Waals surface area contributed by atoms with Crippen molar-refractivity contribution in [1.29, 1.82) is 0 Å². The molecule has 0 saturated carbocycles. The number of benzene rings is 2. The monoisotopic (exact) mass is 368 g/mol. The Kier molecular flexibility index (Phi) is 6.00. The van der Waals surface area contributed by atoms with Gasteiger partial charge in [-0.2, -0.15) is 0 Å². The standard InChI is InChI=1S/C16H14Cl2N2O4/c1-10(11-6-7-12(17)13(18)8-11)19-16(21)9-24-15-5-3-2-4-14(15)20(22)23/h2-8,10H,9H2,1H3,(H,19,21). The van der Waals surface area contributed by atoms with Crippen molar-refractivity contribution < 1.29 is 14.5 Å². The van der Waals surface area contributed by atoms with E-state index in [9.17, 15) is 14.9 Å². The van der Waals surface area contributed by atoms with Gasteiger partial charge in [0, 0.05) is 6.07 Å². The molecule has 0 fully saturated rings. The molecule has 6 nitrogen and oxygen atoms in total. The molecule has 0 radical (unpaired) electrons. The number of carbonyl (C=O) groups excluding carboxylic acids is 1. The molecule has 0 spiro atoms. The molecule has 8 heteroatoms. The predicted molar refractivity (Wildman–Crippen MR) is 91.6 cm³/mol. The van der Waals surface area contributed by atoms with Crippen molar-refractivity contribution in [2.24, 2.45) is 0 Å². The number of carbonyl (C=O) groups is 1. The lowest BCUT2D eigenvalue weighted by Crippen LogP contribution is -2.31. The second kappa shape index (κ2) is 7.99. The third kappa shape index (κ3) is 4.59. The molecule has 0 aromatic heterocycles. The molecule has 1 N–H and O–H groups in total. The molecule has 1 amide bonds. The second-order valence-corrected chi connectivity index (χ2v) is 5.79. The molecule has 0 saturated heterocycles. The molecule has 0 heterocycles. The second-order valence-electron chi connectivity index (χ2n) is 4.98. The van der Waals surface area contributed by atoms with Crippen molar-refractivity contribution in [3.8, 4) is 5.75 Å². The number of hydrogen-bond donors (Lipinski definition) is 1. The molecule has 0 aliphatic rings. The Morgan fingerprint density at radius 3 is 2.62 bits per heavy atom. The molecule has 0 bridgehead atoms. The SMILES string of the molecule is CC(NC(=O)COc1ccccc1[N+](=O)[O-])c1ccc(Cl)c(Cl)c1. The molecular weight excluding hydrogens is 355 g/mol. The largest absolute Gasteiger partial charge is 0.477 e. The van der Waals surface area contributed by atoms with Gasteiger partial charge >= 0.3 is 5.69 Å². The van der Waals surface area contributed by atoms with Crippen LogP contribution in [0, 0.1) is 10.1 Å². The van der Waals surface area contributed by atoms with Crippen molar-refractivity contribution >= 4 is 34.8 Å². The van der Waals surface area contributed by atoms with Crippen LogP contribution in [0.15, 0.2) is 42.5 Å². The third-order valence-corrected chi connectivity index (χ3v) is 3.98. The highest BCUT2D eigenvalue weighted by Crippen LogP contribution is 2.26. The Balaban J connectivity index is 1.96. The van der Waals surface area contributed by atoms with Crippen molar-refractivity contribution in [2.45, 2.75) is 13.0 Å². The van der Waals surface area contributed by atoms with Gasteiger partial charge in [-0.1, -0.05) is 41.4 Å². The van der Waals surface area contributed by atoms with Gasteiger partial charge in [0.1, 0.15) is 0 Å². The van der Waals surface area contributed by atoms with Crippen molar-refractivity contribution in [2.75, 3.05) is 6.61 Å². The lowest BCUT2D eigenvalue weighted by atomic mass is 10.1. The summed E-state index contributed by atoms with van der Waals surface area (Å²) in [5.74, 6) is -0.369. The predicted octanol–water partition coefficient (Wildman–Crippen LogP) is 4.16. The van der Waals surface area contributed by atoms with Gasteiger partial charge in [0.05, 0.1) is 21.0 Å². The van der Waals surface area contributed by atoms with Crippen LogP contribution in [0.1, 0.15) is 18.5 Å². The smallest absolute Gasteiger partial charge is 0.310 e. The van der Waals surface area contributed by atoms with Gasteiger partial charge in [0.2, 0.25) is 0 Å². The van der Waals surface area contributed by atoms with E-state index < -0.39 is 10.8 Å². The molecular formula is C16H14Cl2N2O4. The molecule has 126 valence electrons. The minimum Gasteiger partial charge on any atom is -0.477 e. The fourth-order valence-electron chi connectivity index (χ4n) is 2.02. The van der Waals surface area contributed by atoms with E-state index in [1.165, 1.54) is 18.2 Å². The summed E-state index contributed by atoms with van der Waals surface area (Å²) in [6.45, 7) is 1.44. The summed E-state index contributed by atoms with van der Waals surface area (Å²) < 4.78 is 5.24. The van der Waals surface area contributed by atoms with E-state index >= 15 is 0 Å². The number of amides is 1. The van der Waals surface area contributed by atoms with Crippen molar-refractivity contribution in [3.05, 3.63) is 68.2 Å². The highest BCUT2D eigenvalue weighted by Gasteiger charge is 2.16. The molecule has 0 aliphatic carbocycles. The van der Waals surface area contributed by atoms with Crippen LogP contribution in [-0.4, -0.2) is 17.4 Å². The van der Waals surface area contributed by atoms with Crippen LogP contribution in [0.3, 0.4) is 0 Å². The van der Waals surface area contributed by atoms with Crippen LogP contribution in [0.4, 0.5) is 5.69 Å². The Morgan fingerprint density at radius 2 is 1.96 bits per heavy atom. The van der Waals surface area contributed by atoms with Crippen molar-refractivity contribution in [1.82, 2.24) is 5.32 Å². The van der Waals surface area contributed by atoms with Crippen LogP contribution < -0.4 is 10.1 Å². The maximum absolute atomic E-state index is 12.0. The number of nitro groups is 1. The normalized spacial score (nSPS) is 11.6. The number of hydrogen-bond acceptors (Lipinski definition) is 4. The quantitative estimate of drug-likeness (QED) is 0.612. The number of rotatable bonds is 6. The van der Waals surface area contributed by atoms with Gasteiger partial charge in [-0.15, -0.1) is 0 Å². The van der Waals surface area contributed by atoms with Crippen LogP contribution in [0.25, 0.3) is 0 Å². The highest BCUT2D eigenvalue weighted by atomic mass is 35.5.